The third-order valence-corrected chi connectivity index (χ3v) is 14.5. The van der Waals surface area contributed by atoms with Crippen LogP contribution in [0.5, 0.6) is 5.75 Å². The van der Waals surface area contributed by atoms with Gasteiger partial charge in [0.25, 0.3) is 5.91 Å². The Morgan fingerprint density at radius 2 is 1.59 bits per heavy atom. The number of H-pyrrole nitrogens is 1. The van der Waals surface area contributed by atoms with Gasteiger partial charge < -0.3 is 61.7 Å². The summed E-state index contributed by atoms with van der Waals surface area (Å²) in [5.74, 6) is -7.71. The Hall–Kier alpha value is -6.62. The number of nitrogens with zero attached hydrogens (tertiary/aromatic N) is 2. The van der Waals surface area contributed by atoms with Gasteiger partial charge in [-0.15, -0.1) is 0 Å². The van der Waals surface area contributed by atoms with Crippen molar-refractivity contribution in [1.82, 2.24) is 52.1 Å². The average Bonchev–Trinajstić information content (AvgIpc) is 4.14. The Labute approximate surface area is 444 Å². The highest BCUT2D eigenvalue weighted by atomic mass is 79.9. The second-order valence-electron chi connectivity index (χ2n) is 20.0. The van der Waals surface area contributed by atoms with Gasteiger partial charge >= 0.3 is 0 Å². The average molecular weight is 1110 g/mol. The lowest BCUT2D eigenvalue weighted by Gasteiger charge is -2.31. The minimum atomic E-state index is -1.37. The number of rotatable bonds is 15. The van der Waals surface area contributed by atoms with Crippen LogP contribution < -0.4 is 37.2 Å². The molecule has 22 nitrogen and oxygen atoms in total. The van der Waals surface area contributed by atoms with E-state index in [1.807, 2.05) is 27.7 Å². The number of fused-ring (bicyclic) bond motifs is 4. The number of hydrogen-bond donors (Lipinski definition) is 10. The van der Waals surface area contributed by atoms with Crippen molar-refractivity contribution < 1.29 is 57.8 Å². The van der Waals surface area contributed by atoms with Gasteiger partial charge in [-0.05, 0) is 109 Å². The fourth-order valence-electron chi connectivity index (χ4n) is 8.94. The molecule has 10 atom stereocenters. The van der Waals surface area contributed by atoms with Crippen LogP contribution in [0.3, 0.4) is 0 Å². The van der Waals surface area contributed by atoms with Crippen LogP contribution in [-0.2, 0) is 49.6 Å². The maximum absolute atomic E-state index is 14.8. The maximum atomic E-state index is 14.8. The van der Waals surface area contributed by atoms with Gasteiger partial charge in [-0.1, -0.05) is 61.3 Å². The lowest BCUT2D eigenvalue weighted by atomic mass is 9.96. The number of Topliss-reactive ketones (excluding diaryl/α,β-unsaturated/α-hetero) is 1. The molecule has 23 heteroatoms. The van der Waals surface area contributed by atoms with Crippen LogP contribution in [0.25, 0.3) is 17.0 Å². The zero-order valence-electron chi connectivity index (χ0n) is 43.8. The Morgan fingerprint density at radius 3 is 2.27 bits per heavy atom. The molecule has 10 N–H and O–H groups in total. The summed E-state index contributed by atoms with van der Waals surface area (Å²) in [6.45, 7) is 14.0. The summed E-state index contributed by atoms with van der Waals surface area (Å²) in [5, 5.41) is 40.5. The molecule has 0 aliphatic carbocycles. The van der Waals surface area contributed by atoms with Crippen molar-refractivity contribution in [3.05, 3.63) is 52.3 Å². The summed E-state index contributed by atoms with van der Waals surface area (Å²) in [5.41, 5.74) is 1.41. The number of nitrogens with one attached hydrogen (secondary N) is 8. The van der Waals surface area contributed by atoms with Crippen LogP contribution >= 0.6 is 15.9 Å². The number of phenolic OH excluding ortho intramolecular Hbond substituents is 1. The molecule has 1 fully saturated rings. The van der Waals surface area contributed by atoms with Gasteiger partial charge in [0.1, 0.15) is 60.1 Å². The molecule has 2 aromatic heterocycles. The third kappa shape index (κ3) is 15.7. The predicted octanol–water partition coefficient (Wildman–Crippen LogP) is 2.86. The quantitative estimate of drug-likeness (QED) is 0.0981. The highest BCUT2D eigenvalue weighted by molar-refractivity contribution is 9.10. The van der Waals surface area contributed by atoms with Crippen LogP contribution in [0.15, 0.2) is 39.6 Å². The zero-order valence-corrected chi connectivity index (χ0v) is 45.4. The van der Waals surface area contributed by atoms with Crippen molar-refractivity contribution in [2.24, 2.45) is 17.8 Å². The van der Waals surface area contributed by atoms with E-state index in [1.165, 1.54) is 36.3 Å². The van der Waals surface area contributed by atoms with E-state index in [0.717, 1.165) is 6.08 Å². The van der Waals surface area contributed by atoms with E-state index in [-0.39, 0.29) is 80.8 Å². The van der Waals surface area contributed by atoms with Crippen LogP contribution in [0.2, 0.25) is 0 Å². The van der Waals surface area contributed by atoms with Crippen LogP contribution in [-0.4, -0.2) is 134 Å². The Bertz CT molecular complexity index is 2600. The molecule has 4 heterocycles. The zero-order chi connectivity index (χ0) is 55.3. The number of aromatic nitrogens is 2. The topological polar surface area (TPSA) is 323 Å². The highest BCUT2D eigenvalue weighted by Crippen LogP contribution is 2.31. The molecular formula is C52H73BrN10O12. The molecule has 4 unspecified atom stereocenters. The Balaban J connectivity index is 1.47. The van der Waals surface area contributed by atoms with Crippen molar-refractivity contribution in [3.8, 4) is 5.75 Å². The van der Waals surface area contributed by atoms with E-state index in [9.17, 15) is 53.4 Å². The number of ketones is 1. The first-order valence-electron chi connectivity index (χ1n) is 25.8. The highest BCUT2D eigenvalue weighted by Gasteiger charge is 2.41. The fourth-order valence-corrected chi connectivity index (χ4v) is 9.53. The molecule has 1 aromatic carbocycles. The number of aliphatic hydroxyl groups excluding tert-OH is 1. The summed E-state index contributed by atoms with van der Waals surface area (Å²) in [7, 11) is 0. The smallest absolute Gasteiger partial charge is 0.290 e. The molecule has 0 radical (unpaired) electrons. The third-order valence-electron chi connectivity index (χ3n) is 13.8. The first kappa shape index (κ1) is 59.3. The molecule has 8 amide bonds. The number of aromatic hydroxyl groups is 1. The number of carbonyl (C=O) groups is 9. The van der Waals surface area contributed by atoms with Crippen molar-refractivity contribution in [3.63, 3.8) is 0 Å². The Kier molecular flexibility index (Phi) is 21.5. The van der Waals surface area contributed by atoms with E-state index in [0.29, 0.717) is 40.3 Å². The molecule has 3 aromatic rings. The van der Waals surface area contributed by atoms with E-state index in [2.05, 4.69) is 63.1 Å². The van der Waals surface area contributed by atoms with Crippen molar-refractivity contribution >= 4 is 85.9 Å². The van der Waals surface area contributed by atoms with E-state index < -0.39 is 107 Å². The molecule has 0 spiro atoms. The van der Waals surface area contributed by atoms with E-state index in [1.54, 1.807) is 26.8 Å². The van der Waals surface area contributed by atoms with Gasteiger partial charge in [-0.3, -0.25) is 43.2 Å². The second-order valence-corrected chi connectivity index (χ2v) is 20.8. The number of aliphatic hydroxyl groups is 1. The predicted molar refractivity (Wildman–Crippen MR) is 280 cm³/mol. The number of carbonyl (C=O) groups excluding carboxylic acids is 9. The van der Waals surface area contributed by atoms with Crippen LogP contribution in [0, 0.1) is 17.8 Å². The summed E-state index contributed by atoms with van der Waals surface area (Å²) in [4.78, 5) is 134. The maximum Gasteiger partial charge on any atom is 0.290 e. The van der Waals surface area contributed by atoms with Gasteiger partial charge in [0.15, 0.2) is 0 Å². The van der Waals surface area contributed by atoms with Gasteiger partial charge in [0.05, 0.1) is 10.6 Å². The standard InChI is InChI=1S/C52H73BrN10O12/c1-9-27(6)41(62-49(72)42(66)28(7)10-2)48(71)59-34(11-3)46(69)60-36-14-12-20-54-45(68)38(24-33-32-23-31(64)17-18-35(32)58-44(33)53)57-40(65)19-16-30-25-75-51(56-30)29(8)55-50(73)43(67)37(22-26(4)5)61-47(70)39-15-13-21-63(39)52(36)74/h16-19,23,25-29,34,36-39,41-42,58,64,66H,9-15,20-22,24H2,1-8H3,(H,54,68)(H,55,73)(H,57,65)(H,59,71)(H,60,69)(H,61,70)(H,62,72)/b19-16+/t27?,28?,29-,34-,36-,37-,38-,39-,41?,42?/m0/s1. The van der Waals surface area contributed by atoms with E-state index >= 15 is 0 Å². The SMILES string of the molecule is CCC(C)C(O)C(=O)NC(C(=O)N[C@@H](CC)C(=O)N[C@H]1CCCNC(=O)[C@H](Cc2c(Br)[nH]c3ccc(O)cc23)NC(=O)/C=C/c2coc(n2)[C@H](C)NC(=O)C(=O)[C@H](CC(C)C)NC(=O)[C@@H]2CCCN2C1=O)C(C)CC. The molecule has 75 heavy (non-hydrogen) atoms. The first-order chi connectivity index (χ1) is 35.6. The summed E-state index contributed by atoms with van der Waals surface area (Å²) in [6.07, 6.45) is 3.98. The number of hydrogen-bond acceptors (Lipinski definition) is 13. The van der Waals surface area contributed by atoms with Crippen LogP contribution in [0.1, 0.15) is 130 Å². The monoisotopic (exact) mass is 1110 g/mol. The van der Waals surface area contributed by atoms with Crippen molar-refractivity contribution in [2.45, 2.75) is 162 Å². The van der Waals surface area contributed by atoms with Gasteiger partial charge in [-0.2, -0.15) is 0 Å². The molecule has 2 aliphatic rings. The lowest BCUT2D eigenvalue weighted by Crippen LogP contribution is -2.60. The summed E-state index contributed by atoms with van der Waals surface area (Å²) >= 11 is 3.51. The van der Waals surface area contributed by atoms with Crippen molar-refractivity contribution in [2.75, 3.05) is 13.1 Å². The van der Waals surface area contributed by atoms with Gasteiger partial charge in [0.2, 0.25) is 53.0 Å². The summed E-state index contributed by atoms with van der Waals surface area (Å²) < 4.78 is 6.07. The van der Waals surface area contributed by atoms with Crippen LogP contribution in [0.4, 0.5) is 0 Å². The molecule has 410 valence electrons. The molecule has 5 rings (SSSR count). The van der Waals surface area contributed by atoms with E-state index in [4.69, 9.17) is 4.42 Å². The lowest BCUT2D eigenvalue weighted by molar-refractivity contribution is -0.144. The number of amides is 8. The van der Waals surface area contributed by atoms with Crippen molar-refractivity contribution in [1.29, 1.82) is 0 Å². The van der Waals surface area contributed by atoms with Gasteiger partial charge in [0, 0.05) is 36.5 Å². The normalized spacial score (nSPS) is 23.1. The number of oxazole rings is 1. The first-order valence-corrected chi connectivity index (χ1v) is 26.6. The minimum absolute atomic E-state index is 0.00575. The molecule has 2 aliphatic heterocycles. The minimum Gasteiger partial charge on any atom is -0.508 e. The van der Waals surface area contributed by atoms with Gasteiger partial charge in [-0.25, -0.2) is 4.98 Å². The summed E-state index contributed by atoms with van der Waals surface area (Å²) in [6, 6.07) is -3.49. The number of aromatic amines is 1. The number of benzene rings is 1. The molecule has 0 saturated carbocycles. The Morgan fingerprint density at radius 1 is 0.867 bits per heavy atom. The number of halogens is 1. The molecular weight excluding hydrogens is 1040 g/mol. The fraction of sp³-hybridized carbons (Fsp3) is 0.577. The largest absolute Gasteiger partial charge is 0.508 e. The second kappa shape index (κ2) is 27.3. The molecule has 2 bridgehead atoms. The number of phenols is 1. The molecule has 1 saturated heterocycles.